The predicted molar refractivity (Wildman–Crippen MR) is 93.1 cm³/mol. The molecule has 0 spiro atoms. The topological polar surface area (TPSA) is 17.8 Å². The molecule has 2 nitrogen and oxygen atoms in total. The number of halogens is 2. The number of aryl methyl sites for hydroxylation is 1. The Morgan fingerprint density at radius 1 is 1.29 bits per heavy atom. The summed E-state index contributed by atoms with van der Waals surface area (Å²) in [5.74, 6) is 2.49. The zero-order valence-corrected chi connectivity index (χ0v) is 14.8. The third-order valence-electron chi connectivity index (χ3n) is 4.69. The minimum atomic E-state index is 0.567. The number of rotatable bonds is 3. The summed E-state index contributed by atoms with van der Waals surface area (Å²) in [5.41, 5.74) is 2.35. The maximum absolute atomic E-state index is 6.01. The van der Waals surface area contributed by atoms with Crippen LogP contribution in [0.2, 0.25) is 0 Å². The number of fused-ring (bicyclic) bond motifs is 1. The van der Waals surface area contributed by atoms with Gasteiger partial charge in [0.25, 0.3) is 0 Å². The molecule has 0 bridgehead atoms. The lowest BCUT2D eigenvalue weighted by Gasteiger charge is -2.26. The van der Waals surface area contributed by atoms with Crippen molar-refractivity contribution in [2.24, 2.45) is 5.92 Å². The van der Waals surface area contributed by atoms with E-state index in [2.05, 4.69) is 45.6 Å². The van der Waals surface area contributed by atoms with E-state index < -0.39 is 0 Å². The molecule has 0 amide bonds. The molecule has 1 aliphatic rings. The molecular weight excluding hydrogens is 348 g/mol. The standard InChI is InChI=1S/C17H22BrClN2/c1-12-5-3-2-4-6-15(12)21-16-8-7-13(18)11-14(16)20-17(21)9-10-19/h7-8,11-12,15H,2-6,9-10H2,1H3. The van der Waals surface area contributed by atoms with Gasteiger partial charge in [0.1, 0.15) is 5.82 Å². The van der Waals surface area contributed by atoms with Crippen molar-refractivity contribution in [3.05, 3.63) is 28.5 Å². The van der Waals surface area contributed by atoms with Crippen LogP contribution in [0, 0.1) is 5.92 Å². The number of hydrogen-bond acceptors (Lipinski definition) is 1. The summed E-state index contributed by atoms with van der Waals surface area (Å²) in [6, 6.07) is 7.00. The van der Waals surface area contributed by atoms with Gasteiger partial charge in [0, 0.05) is 22.8 Å². The molecular formula is C17H22BrClN2. The van der Waals surface area contributed by atoms with E-state index in [1.807, 2.05) is 0 Å². The van der Waals surface area contributed by atoms with Gasteiger partial charge in [-0.2, -0.15) is 0 Å². The van der Waals surface area contributed by atoms with Crippen molar-refractivity contribution in [1.29, 1.82) is 0 Å². The summed E-state index contributed by atoms with van der Waals surface area (Å²) in [7, 11) is 0. The van der Waals surface area contributed by atoms with Gasteiger partial charge in [-0.3, -0.25) is 0 Å². The highest BCUT2D eigenvalue weighted by Crippen LogP contribution is 2.36. The van der Waals surface area contributed by atoms with Crippen molar-refractivity contribution < 1.29 is 0 Å². The fraction of sp³-hybridized carbons (Fsp3) is 0.588. The summed E-state index contributed by atoms with van der Waals surface area (Å²) >= 11 is 9.56. The molecule has 1 heterocycles. The van der Waals surface area contributed by atoms with Gasteiger partial charge in [-0.25, -0.2) is 4.98 Å². The quantitative estimate of drug-likeness (QED) is 0.499. The van der Waals surface area contributed by atoms with Crippen LogP contribution in [0.15, 0.2) is 22.7 Å². The van der Waals surface area contributed by atoms with Crippen LogP contribution < -0.4 is 0 Å². The van der Waals surface area contributed by atoms with Gasteiger partial charge >= 0.3 is 0 Å². The first-order chi connectivity index (χ1) is 10.2. The smallest absolute Gasteiger partial charge is 0.111 e. The third-order valence-corrected chi connectivity index (χ3v) is 5.37. The Morgan fingerprint density at radius 2 is 2.10 bits per heavy atom. The van der Waals surface area contributed by atoms with E-state index >= 15 is 0 Å². The summed E-state index contributed by atoms with van der Waals surface area (Å²) < 4.78 is 3.58. The summed E-state index contributed by atoms with van der Waals surface area (Å²) in [5, 5.41) is 0. The SMILES string of the molecule is CC1CCCCCC1n1c(CCCl)nc2cc(Br)ccc21. The van der Waals surface area contributed by atoms with Crippen LogP contribution in [0.4, 0.5) is 0 Å². The minimum absolute atomic E-state index is 0.567. The molecule has 1 aromatic carbocycles. The van der Waals surface area contributed by atoms with Crippen LogP contribution in [0.25, 0.3) is 11.0 Å². The van der Waals surface area contributed by atoms with Gasteiger partial charge in [0.15, 0.2) is 0 Å². The second kappa shape index (κ2) is 6.70. The minimum Gasteiger partial charge on any atom is -0.325 e. The molecule has 21 heavy (non-hydrogen) atoms. The van der Waals surface area contributed by atoms with Gasteiger partial charge in [-0.15, -0.1) is 11.6 Å². The first-order valence-electron chi connectivity index (χ1n) is 7.93. The lowest BCUT2D eigenvalue weighted by molar-refractivity contribution is 0.333. The zero-order chi connectivity index (χ0) is 14.8. The van der Waals surface area contributed by atoms with Crippen LogP contribution in [0.5, 0.6) is 0 Å². The Bertz CT molecular complexity index is 623. The molecule has 114 valence electrons. The maximum Gasteiger partial charge on any atom is 0.111 e. The van der Waals surface area contributed by atoms with Crippen molar-refractivity contribution >= 4 is 38.6 Å². The zero-order valence-electron chi connectivity index (χ0n) is 12.5. The molecule has 0 saturated heterocycles. The number of nitrogens with zero attached hydrogens (tertiary/aromatic N) is 2. The summed E-state index contributed by atoms with van der Waals surface area (Å²) in [4.78, 5) is 4.85. The number of benzene rings is 1. The van der Waals surface area contributed by atoms with Gasteiger partial charge < -0.3 is 4.57 Å². The highest BCUT2D eigenvalue weighted by atomic mass is 79.9. The van der Waals surface area contributed by atoms with Gasteiger partial charge in [0.2, 0.25) is 0 Å². The van der Waals surface area contributed by atoms with Crippen LogP contribution in [0.3, 0.4) is 0 Å². The molecule has 1 saturated carbocycles. The fourth-order valence-electron chi connectivity index (χ4n) is 3.61. The lowest BCUT2D eigenvalue weighted by atomic mass is 9.96. The fourth-order valence-corrected chi connectivity index (χ4v) is 4.13. The van der Waals surface area contributed by atoms with Crippen LogP contribution in [-0.4, -0.2) is 15.4 Å². The maximum atomic E-state index is 6.01. The second-order valence-corrected chi connectivity index (χ2v) is 7.45. The van der Waals surface area contributed by atoms with Crippen molar-refractivity contribution in [1.82, 2.24) is 9.55 Å². The van der Waals surface area contributed by atoms with Crippen molar-refractivity contribution in [2.45, 2.75) is 51.5 Å². The number of alkyl halides is 1. The van der Waals surface area contributed by atoms with Gasteiger partial charge in [-0.05, 0) is 37.0 Å². The molecule has 2 unspecified atom stereocenters. The Kier molecular flexibility index (Phi) is 4.90. The molecule has 1 aromatic heterocycles. The Morgan fingerprint density at radius 3 is 2.90 bits per heavy atom. The molecule has 0 aliphatic heterocycles. The largest absolute Gasteiger partial charge is 0.325 e. The highest BCUT2D eigenvalue weighted by molar-refractivity contribution is 9.10. The first-order valence-corrected chi connectivity index (χ1v) is 9.26. The van der Waals surface area contributed by atoms with E-state index in [9.17, 15) is 0 Å². The van der Waals surface area contributed by atoms with E-state index in [-0.39, 0.29) is 0 Å². The average molecular weight is 370 g/mol. The highest BCUT2D eigenvalue weighted by Gasteiger charge is 2.25. The van der Waals surface area contributed by atoms with Crippen LogP contribution in [-0.2, 0) is 6.42 Å². The molecule has 0 N–H and O–H groups in total. The van der Waals surface area contributed by atoms with Gasteiger partial charge in [0.05, 0.1) is 11.0 Å². The Hall–Kier alpha value is -0.540. The summed E-state index contributed by atoms with van der Waals surface area (Å²) in [6.45, 7) is 2.39. The molecule has 2 atom stereocenters. The van der Waals surface area contributed by atoms with E-state index in [1.54, 1.807) is 0 Å². The molecule has 3 rings (SSSR count). The Balaban J connectivity index is 2.11. The molecule has 1 fully saturated rings. The van der Waals surface area contributed by atoms with Crippen molar-refractivity contribution in [3.63, 3.8) is 0 Å². The van der Waals surface area contributed by atoms with E-state index in [0.29, 0.717) is 17.8 Å². The number of aromatic nitrogens is 2. The number of imidazole rings is 1. The normalized spacial score (nSPS) is 23.4. The van der Waals surface area contributed by atoms with Gasteiger partial charge in [-0.1, -0.05) is 42.1 Å². The Labute approximate surface area is 140 Å². The molecule has 4 heteroatoms. The van der Waals surface area contributed by atoms with Crippen LogP contribution in [0.1, 0.15) is 50.9 Å². The van der Waals surface area contributed by atoms with E-state index in [0.717, 1.165) is 22.2 Å². The molecule has 1 aliphatic carbocycles. The van der Waals surface area contributed by atoms with Crippen molar-refractivity contribution in [2.75, 3.05) is 5.88 Å². The molecule has 2 aromatic rings. The molecule has 0 radical (unpaired) electrons. The summed E-state index contributed by atoms with van der Waals surface area (Å²) in [6.07, 6.45) is 7.48. The monoisotopic (exact) mass is 368 g/mol. The van der Waals surface area contributed by atoms with Crippen LogP contribution >= 0.6 is 27.5 Å². The van der Waals surface area contributed by atoms with Crippen molar-refractivity contribution in [3.8, 4) is 0 Å². The predicted octanol–water partition coefficient (Wildman–Crippen LogP) is 5.72. The lowest BCUT2D eigenvalue weighted by Crippen LogP contribution is -2.18. The first kappa shape index (κ1) is 15.4. The number of hydrogen-bond donors (Lipinski definition) is 0. The average Bonchev–Trinajstić information content (AvgIpc) is 2.65. The third kappa shape index (κ3) is 3.14. The second-order valence-electron chi connectivity index (χ2n) is 6.15. The van der Waals surface area contributed by atoms with E-state index in [1.165, 1.54) is 37.6 Å². The van der Waals surface area contributed by atoms with E-state index in [4.69, 9.17) is 16.6 Å².